The predicted molar refractivity (Wildman–Crippen MR) is 110 cm³/mol. The van der Waals surface area contributed by atoms with E-state index in [1.54, 1.807) is 12.2 Å². The average molecular weight is 361 g/mol. The Hall–Kier alpha value is -1.05. The molecule has 0 bridgehead atoms. The molecule has 0 unspecified atom stereocenters. The molecular formula is C24H40O2. The zero-order chi connectivity index (χ0) is 18.6. The van der Waals surface area contributed by atoms with Crippen molar-refractivity contribution in [3.8, 4) is 0 Å². The predicted octanol–water partition coefficient (Wildman–Crippen LogP) is 7.00. The number of hydrogen-bond donors (Lipinski definition) is 0. The van der Waals surface area contributed by atoms with Crippen molar-refractivity contribution in [1.29, 1.82) is 0 Å². The van der Waals surface area contributed by atoms with Crippen LogP contribution in [0.15, 0.2) is 24.3 Å². The SMILES string of the molecule is CCC=CC=CC(=O)OC1CCC(C2CCC(CCCCC)CC2)CC1. The summed E-state index contributed by atoms with van der Waals surface area (Å²) in [6.45, 7) is 4.38. The fourth-order valence-corrected chi connectivity index (χ4v) is 4.86. The largest absolute Gasteiger partial charge is 0.459 e. The van der Waals surface area contributed by atoms with Gasteiger partial charge in [0.25, 0.3) is 0 Å². The Bertz CT molecular complexity index is 435. The number of carbonyl (C=O) groups excluding carboxylic acids is 1. The van der Waals surface area contributed by atoms with Crippen LogP contribution in [0.5, 0.6) is 0 Å². The van der Waals surface area contributed by atoms with Crippen molar-refractivity contribution in [2.24, 2.45) is 17.8 Å². The van der Waals surface area contributed by atoms with E-state index >= 15 is 0 Å². The summed E-state index contributed by atoms with van der Waals surface area (Å²) in [5.41, 5.74) is 0. The number of hydrogen-bond acceptors (Lipinski definition) is 2. The number of unbranched alkanes of at least 4 members (excludes halogenated alkanes) is 2. The van der Waals surface area contributed by atoms with Gasteiger partial charge in [-0.05, 0) is 62.7 Å². The lowest BCUT2D eigenvalue weighted by atomic mass is 9.70. The van der Waals surface area contributed by atoms with Gasteiger partial charge in [0, 0.05) is 6.08 Å². The van der Waals surface area contributed by atoms with Crippen LogP contribution in [0.1, 0.15) is 97.3 Å². The summed E-state index contributed by atoms with van der Waals surface area (Å²) in [7, 11) is 0. The number of carbonyl (C=O) groups is 1. The van der Waals surface area contributed by atoms with Crippen molar-refractivity contribution in [3.63, 3.8) is 0 Å². The van der Waals surface area contributed by atoms with Gasteiger partial charge in [-0.25, -0.2) is 4.79 Å². The molecule has 2 nitrogen and oxygen atoms in total. The highest BCUT2D eigenvalue weighted by Gasteiger charge is 2.31. The summed E-state index contributed by atoms with van der Waals surface area (Å²) < 4.78 is 5.62. The first-order chi connectivity index (χ1) is 12.7. The second kappa shape index (κ2) is 12.4. The van der Waals surface area contributed by atoms with Crippen LogP contribution in [0.25, 0.3) is 0 Å². The van der Waals surface area contributed by atoms with Crippen LogP contribution in [-0.4, -0.2) is 12.1 Å². The maximum absolute atomic E-state index is 11.9. The van der Waals surface area contributed by atoms with Gasteiger partial charge in [0.1, 0.15) is 6.10 Å². The van der Waals surface area contributed by atoms with Gasteiger partial charge < -0.3 is 4.74 Å². The van der Waals surface area contributed by atoms with Crippen molar-refractivity contribution >= 4 is 5.97 Å². The van der Waals surface area contributed by atoms with E-state index in [1.807, 2.05) is 12.2 Å². The Labute approximate surface area is 161 Å². The molecule has 0 N–H and O–H groups in total. The van der Waals surface area contributed by atoms with E-state index in [2.05, 4.69) is 13.8 Å². The van der Waals surface area contributed by atoms with Crippen LogP contribution >= 0.6 is 0 Å². The Morgan fingerprint density at radius 2 is 1.54 bits per heavy atom. The first-order valence-corrected chi connectivity index (χ1v) is 11.3. The van der Waals surface area contributed by atoms with Gasteiger partial charge in [-0.15, -0.1) is 0 Å². The minimum Gasteiger partial charge on any atom is -0.459 e. The Balaban J connectivity index is 1.62. The molecule has 0 spiro atoms. The van der Waals surface area contributed by atoms with Gasteiger partial charge in [-0.1, -0.05) is 70.6 Å². The third-order valence-corrected chi connectivity index (χ3v) is 6.49. The molecule has 0 aromatic heterocycles. The van der Waals surface area contributed by atoms with E-state index in [0.29, 0.717) is 0 Å². The minimum absolute atomic E-state index is 0.143. The van der Waals surface area contributed by atoms with Gasteiger partial charge in [0.05, 0.1) is 0 Å². The lowest BCUT2D eigenvalue weighted by Gasteiger charge is -2.37. The van der Waals surface area contributed by atoms with Crippen molar-refractivity contribution in [2.75, 3.05) is 0 Å². The molecule has 0 saturated heterocycles. The van der Waals surface area contributed by atoms with Gasteiger partial charge in [-0.2, -0.15) is 0 Å². The molecular weight excluding hydrogens is 320 g/mol. The van der Waals surface area contributed by atoms with Crippen LogP contribution < -0.4 is 0 Å². The highest BCUT2D eigenvalue weighted by molar-refractivity contribution is 5.82. The van der Waals surface area contributed by atoms with Crippen molar-refractivity contribution in [2.45, 2.75) is 103 Å². The van der Waals surface area contributed by atoms with Gasteiger partial charge >= 0.3 is 5.97 Å². The molecule has 0 aromatic rings. The molecule has 26 heavy (non-hydrogen) atoms. The van der Waals surface area contributed by atoms with Gasteiger partial charge in [0.2, 0.25) is 0 Å². The van der Waals surface area contributed by atoms with E-state index in [-0.39, 0.29) is 12.1 Å². The summed E-state index contributed by atoms with van der Waals surface area (Å²) in [6, 6.07) is 0. The van der Waals surface area contributed by atoms with Crippen molar-refractivity contribution in [3.05, 3.63) is 24.3 Å². The molecule has 2 heteroatoms. The lowest BCUT2D eigenvalue weighted by Crippen LogP contribution is -2.29. The molecule has 2 saturated carbocycles. The van der Waals surface area contributed by atoms with Gasteiger partial charge in [0.15, 0.2) is 0 Å². The zero-order valence-corrected chi connectivity index (χ0v) is 17.1. The van der Waals surface area contributed by atoms with E-state index in [0.717, 1.165) is 37.0 Å². The first-order valence-electron chi connectivity index (χ1n) is 11.3. The third-order valence-electron chi connectivity index (χ3n) is 6.49. The molecule has 148 valence electrons. The molecule has 2 aliphatic rings. The smallest absolute Gasteiger partial charge is 0.331 e. The molecule has 0 amide bonds. The highest BCUT2D eigenvalue weighted by Crippen LogP contribution is 2.41. The summed E-state index contributed by atoms with van der Waals surface area (Å²) in [5, 5.41) is 0. The highest BCUT2D eigenvalue weighted by atomic mass is 16.5. The van der Waals surface area contributed by atoms with Crippen molar-refractivity contribution in [1.82, 2.24) is 0 Å². The maximum atomic E-state index is 11.9. The Morgan fingerprint density at radius 1 is 0.885 bits per heavy atom. The summed E-state index contributed by atoms with van der Waals surface area (Å²) >= 11 is 0. The van der Waals surface area contributed by atoms with E-state index < -0.39 is 0 Å². The second-order valence-corrected chi connectivity index (χ2v) is 8.45. The average Bonchev–Trinajstić information content (AvgIpc) is 2.67. The third kappa shape index (κ3) is 7.68. The van der Waals surface area contributed by atoms with Crippen LogP contribution in [0.4, 0.5) is 0 Å². The molecule has 0 radical (unpaired) electrons. The summed E-state index contributed by atoms with van der Waals surface area (Å²) in [5.74, 6) is 2.64. The number of esters is 1. The molecule has 2 fully saturated rings. The molecule has 2 aliphatic carbocycles. The molecule has 0 aromatic carbocycles. The van der Waals surface area contributed by atoms with Gasteiger partial charge in [-0.3, -0.25) is 0 Å². The van der Waals surface area contributed by atoms with Crippen LogP contribution in [0.2, 0.25) is 0 Å². The van der Waals surface area contributed by atoms with Crippen LogP contribution in [-0.2, 0) is 9.53 Å². The van der Waals surface area contributed by atoms with E-state index in [4.69, 9.17) is 4.74 Å². The van der Waals surface area contributed by atoms with E-state index in [9.17, 15) is 4.79 Å². The summed E-state index contributed by atoms with van der Waals surface area (Å²) in [4.78, 5) is 11.9. The number of rotatable bonds is 9. The topological polar surface area (TPSA) is 26.3 Å². The molecule has 0 heterocycles. The maximum Gasteiger partial charge on any atom is 0.331 e. The Morgan fingerprint density at radius 3 is 2.15 bits per heavy atom. The zero-order valence-electron chi connectivity index (χ0n) is 17.1. The number of allylic oxidation sites excluding steroid dienone is 3. The normalized spacial score (nSPS) is 30.1. The monoisotopic (exact) mass is 360 g/mol. The molecule has 0 atom stereocenters. The van der Waals surface area contributed by atoms with Crippen LogP contribution in [0, 0.1) is 17.8 Å². The standard InChI is InChI=1S/C24H40O2/c1-3-5-7-9-11-24(25)26-23-18-16-22(17-19-23)21-14-12-20(13-15-21)10-8-6-4-2/h5,7,9,11,20-23H,3-4,6,8,10,12-19H2,1-2H3. The quantitative estimate of drug-likeness (QED) is 0.191. The number of ether oxygens (including phenoxy) is 1. The lowest BCUT2D eigenvalue weighted by molar-refractivity contribution is -0.145. The fraction of sp³-hybridized carbons (Fsp3) is 0.792. The Kier molecular flexibility index (Phi) is 10.1. The first kappa shape index (κ1) is 21.3. The fourth-order valence-electron chi connectivity index (χ4n) is 4.86. The van der Waals surface area contributed by atoms with Crippen LogP contribution in [0.3, 0.4) is 0 Å². The summed E-state index contributed by atoms with van der Waals surface area (Å²) in [6.07, 6.45) is 24.5. The second-order valence-electron chi connectivity index (χ2n) is 8.45. The van der Waals surface area contributed by atoms with E-state index in [1.165, 1.54) is 64.2 Å². The van der Waals surface area contributed by atoms with Crippen molar-refractivity contribution < 1.29 is 9.53 Å². The molecule has 0 aliphatic heterocycles. The molecule has 2 rings (SSSR count). The minimum atomic E-state index is -0.179.